The topological polar surface area (TPSA) is 94.5 Å². The number of likely N-dealkylation sites (tertiary alicyclic amines) is 1. The summed E-state index contributed by atoms with van der Waals surface area (Å²) in [6, 6.07) is 5.98. The molecule has 0 aliphatic carbocycles. The monoisotopic (exact) mass is 582 g/mol. The Hall–Kier alpha value is -2.61. The Morgan fingerprint density at radius 1 is 1.16 bits per heavy atom. The smallest absolute Gasteiger partial charge is 0.419 e. The van der Waals surface area contributed by atoms with E-state index in [4.69, 9.17) is 37.5 Å². The molecule has 198 valence electrons. The zero-order chi connectivity index (χ0) is 27.0. The van der Waals surface area contributed by atoms with E-state index < -0.39 is 66.4 Å². The summed E-state index contributed by atoms with van der Waals surface area (Å²) >= 11 is 11.4. The van der Waals surface area contributed by atoms with Crippen molar-refractivity contribution in [3.8, 4) is 0 Å². The van der Waals surface area contributed by atoms with Crippen molar-refractivity contribution in [1.29, 1.82) is 0 Å². The first-order valence-electron chi connectivity index (χ1n) is 10.5. The number of alkyl halides is 3. The number of oxime groups is 1. The maximum atomic E-state index is 14.1. The number of carbonyl (C=O) groups is 1. The van der Waals surface area contributed by atoms with Crippen molar-refractivity contribution >= 4 is 44.8 Å². The van der Waals surface area contributed by atoms with Crippen LogP contribution in [0.3, 0.4) is 0 Å². The third-order valence-corrected chi connectivity index (χ3v) is 7.53. The number of ether oxygens (including phenoxy) is 2. The van der Waals surface area contributed by atoms with Crippen LogP contribution >= 0.6 is 23.2 Å². The lowest BCUT2D eigenvalue weighted by Crippen LogP contribution is -2.62. The van der Waals surface area contributed by atoms with Gasteiger partial charge in [-0.2, -0.15) is 13.2 Å². The summed E-state index contributed by atoms with van der Waals surface area (Å²) in [6.07, 6.45) is -4.19. The van der Waals surface area contributed by atoms with E-state index in [1.165, 1.54) is 17.0 Å². The zero-order valence-electron chi connectivity index (χ0n) is 18.7. The van der Waals surface area contributed by atoms with Crippen molar-refractivity contribution in [2.75, 3.05) is 25.1 Å². The molecule has 5 rings (SSSR count). The molecule has 0 radical (unpaired) electrons. The van der Waals surface area contributed by atoms with Gasteiger partial charge in [0.05, 0.1) is 35.3 Å². The highest BCUT2D eigenvalue weighted by Gasteiger charge is 2.66. The highest BCUT2D eigenvalue weighted by atomic mass is 35.5. The second-order valence-corrected chi connectivity index (χ2v) is 11.9. The average molecular weight is 583 g/mol. The molecule has 1 atom stereocenters. The molecule has 3 heterocycles. The minimum Gasteiger partial charge on any atom is -0.419 e. The first-order valence-corrected chi connectivity index (χ1v) is 13.4. The van der Waals surface area contributed by atoms with E-state index in [1.54, 1.807) is 6.07 Å². The molecule has 0 saturated carbocycles. The molecule has 1 unspecified atom stereocenters. The summed E-state index contributed by atoms with van der Waals surface area (Å²) in [6.45, 7) is 0.369. The molecule has 37 heavy (non-hydrogen) atoms. The van der Waals surface area contributed by atoms with E-state index in [-0.39, 0.29) is 25.3 Å². The number of nitrogens with zero attached hydrogens (tertiary/aromatic N) is 2. The fraction of sp³-hybridized carbons (Fsp3) is 0.364. The molecule has 3 aliphatic heterocycles. The number of hydrogen-bond donors (Lipinski definition) is 0. The van der Waals surface area contributed by atoms with E-state index in [9.17, 15) is 30.8 Å². The number of amides is 1. The molecule has 3 aliphatic rings. The van der Waals surface area contributed by atoms with Gasteiger partial charge >= 0.3 is 12.0 Å². The summed E-state index contributed by atoms with van der Waals surface area (Å²) in [7, 11) is -3.49. The first kappa shape index (κ1) is 26.0. The first-order chi connectivity index (χ1) is 17.1. The van der Waals surface area contributed by atoms with Gasteiger partial charge in [-0.15, -0.1) is 0 Å². The van der Waals surface area contributed by atoms with E-state index in [1.807, 2.05) is 0 Å². The number of benzene rings is 2. The van der Waals surface area contributed by atoms with Gasteiger partial charge in [-0.3, -0.25) is 4.79 Å². The van der Waals surface area contributed by atoms with Crippen LogP contribution in [-0.2, 0) is 46.9 Å². The van der Waals surface area contributed by atoms with Crippen molar-refractivity contribution in [3.63, 3.8) is 0 Å². The second kappa shape index (κ2) is 8.45. The van der Waals surface area contributed by atoms with Gasteiger partial charge in [-0.25, -0.2) is 12.8 Å². The lowest BCUT2D eigenvalue weighted by Gasteiger charge is -2.47. The van der Waals surface area contributed by atoms with Gasteiger partial charge in [0.25, 0.3) is 5.90 Å². The minimum absolute atomic E-state index is 0.0962. The molecule has 2 aromatic carbocycles. The van der Waals surface area contributed by atoms with Crippen LogP contribution in [0.4, 0.5) is 17.6 Å². The third-order valence-electron chi connectivity index (χ3n) is 6.21. The Labute approximate surface area is 217 Å². The summed E-state index contributed by atoms with van der Waals surface area (Å²) in [5, 5.41) is 2.18. The number of sulfone groups is 1. The van der Waals surface area contributed by atoms with Gasteiger partial charge in [-0.05, 0) is 40.5 Å². The van der Waals surface area contributed by atoms with Crippen LogP contribution in [0.25, 0.3) is 0 Å². The fourth-order valence-electron chi connectivity index (χ4n) is 4.43. The van der Waals surface area contributed by atoms with Crippen LogP contribution < -0.4 is 0 Å². The van der Waals surface area contributed by atoms with E-state index in [0.717, 1.165) is 6.26 Å². The largest absolute Gasteiger partial charge is 0.475 e. The molecular weight excluding hydrogens is 567 g/mol. The normalized spacial score (nSPS) is 22.2. The van der Waals surface area contributed by atoms with Crippen molar-refractivity contribution in [2.24, 2.45) is 5.16 Å². The maximum absolute atomic E-state index is 14.1. The summed E-state index contributed by atoms with van der Waals surface area (Å²) < 4.78 is 90.1. The van der Waals surface area contributed by atoms with Gasteiger partial charge in [0, 0.05) is 11.8 Å². The Kier molecular flexibility index (Phi) is 5.94. The number of rotatable bonds is 4. The fourth-order valence-corrected chi connectivity index (χ4v) is 5.55. The van der Waals surface area contributed by atoms with Crippen molar-refractivity contribution in [1.82, 2.24) is 4.90 Å². The van der Waals surface area contributed by atoms with E-state index >= 15 is 0 Å². The lowest BCUT2D eigenvalue weighted by atomic mass is 9.84. The number of fused-ring (bicyclic) bond motifs is 2. The molecular formula is C22H16Cl2F4N2O6S. The number of hydrogen-bond acceptors (Lipinski definition) is 7. The van der Waals surface area contributed by atoms with Gasteiger partial charge < -0.3 is 19.2 Å². The zero-order valence-corrected chi connectivity index (χ0v) is 21.1. The van der Waals surface area contributed by atoms with Gasteiger partial charge in [-0.1, -0.05) is 29.3 Å². The van der Waals surface area contributed by atoms with Crippen LogP contribution in [0.5, 0.6) is 0 Å². The van der Waals surface area contributed by atoms with Crippen LogP contribution in [0.2, 0.25) is 10.0 Å². The van der Waals surface area contributed by atoms with Crippen LogP contribution in [0, 0.1) is 5.82 Å². The highest BCUT2D eigenvalue weighted by Crippen LogP contribution is 2.49. The molecule has 1 fully saturated rings. The molecule has 1 amide bonds. The van der Waals surface area contributed by atoms with Crippen molar-refractivity contribution < 1.29 is 45.1 Å². The molecule has 0 N–H and O–H groups in total. The Morgan fingerprint density at radius 2 is 1.81 bits per heavy atom. The predicted molar refractivity (Wildman–Crippen MR) is 122 cm³/mol. The maximum Gasteiger partial charge on any atom is 0.475 e. The average Bonchev–Trinajstić information content (AvgIpc) is 3.37. The van der Waals surface area contributed by atoms with E-state index in [2.05, 4.69) is 5.16 Å². The van der Waals surface area contributed by atoms with Gasteiger partial charge in [0.1, 0.15) is 11.4 Å². The molecule has 1 spiro atoms. The Bertz CT molecular complexity index is 1440. The van der Waals surface area contributed by atoms with Crippen LogP contribution in [-0.4, -0.2) is 56.4 Å². The molecule has 15 heteroatoms. The Morgan fingerprint density at radius 3 is 2.41 bits per heavy atom. The van der Waals surface area contributed by atoms with Gasteiger partial charge in [0.15, 0.2) is 15.7 Å². The molecule has 0 bridgehead atoms. The summed E-state index contributed by atoms with van der Waals surface area (Å²) in [5.74, 6) is -6.15. The summed E-state index contributed by atoms with van der Waals surface area (Å²) in [4.78, 5) is 18.3. The standard InChI is InChI=1S/C22H16Cl2F4N2O6S/c1-37(32,33)8-17(31)30-9-20(10-30)14-3-2-11(4-12(14)7-34-20)19-29-36-21(35-19,22(26,27)28)13-5-15(23)18(25)16(24)6-13/h2-6H,7-10H2,1H3. The molecule has 8 nitrogen and oxygen atoms in total. The summed E-state index contributed by atoms with van der Waals surface area (Å²) in [5.41, 5.74) is -0.0662. The molecule has 0 aromatic heterocycles. The SMILES string of the molecule is CS(=O)(=O)CC(=O)N1CC2(C1)OCc1cc(C3=NOC(c4cc(Cl)c(F)c(Cl)c4)(C(F)(F)F)O3)ccc12. The van der Waals surface area contributed by atoms with Crippen LogP contribution in [0.15, 0.2) is 35.5 Å². The second-order valence-electron chi connectivity index (χ2n) is 8.93. The van der Waals surface area contributed by atoms with Crippen molar-refractivity contribution in [2.45, 2.75) is 24.2 Å². The highest BCUT2D eigenvalue weighted by molar-refractivity contribution is 7.91. The van der Waals surface area contributed by atoms with Crippen LogP contribution in [0.1, 0.15) is 22.3 Å². The Balaban J connectivity index is 1.38. The molecule has 1 saturated heterocycles. The third kappa shape index (κ3) is 4.31. The number of halogens is 6. The predicted octanol–water partition coefficient (Wildman–Crippen LogP) is 3.87. The van der Waals surface area contributed by atoms with E-state index in [0.29, 0.717) is 23.3 Å². The number of carbonyl (C=O) groups excluding carboxylic acids is 1. The quantitative estimate of drug-likeness (QED) is 0.401. The molecule has 2 aromatic rings. The van der Waals surface area contributed by atoms with Crippen molar-refractivity contribution in [3.05, 3.63) is 68.4 Å². The van der Waals surface area contributed by atoms with Gasteiger partial charge in [0.2, 0.25) is 5.91 Å². The minimum atomic E-state index is -5.15. The lowest BCUT2D eigenvalue weighted by molar-refractivity contribution is -0.352.